The standard InChI is InChI=1S/C11H11N/c1-3-6-10-8-5-9-12-11(10)7-4-2/h3-9H,1-2H2/b10-6-,11-7+. The molecular weight excluding hydrogens is 146 g/mol. The van der Waals surface area contributed by atoms with E-state index in [1.54, 1.807) is 18.3 Å². The zero-order valence-electron chi connectivity index (χ0n) is 6.90. The molecule has 1 nitrogen and oxygen atoms in total. The van der Waals surface area contributed by atoms with E-state index in [1.165, 1.54) is 0 Å². The van der Waals surface area contributed by atoms with Gasteiger partial charge < -0.3 is 0 Å². The van der Waals surface area contributed by atoms with Crippen molar-refractivity contribution in [3.05, 3.63) is 54.2 Å². The number of rotatable bonds is 2. The number of pyridine rings is 1. The average Bonchev–Trinajstić information content (AvgIpc) is 2.09. The predicted octanol–water partition coefficient (Wildman–Crippen LogP) is 1.01. The van der Waals surface area contributed by atoms with Gasteiger partial charge in [0.05, 0.1) is 5.35 Å². The SMILES string of the molecule is C=C/C=c1/cccn/c1=C/C=C. The summed E-state index contributed by atoms with van der Waals surface area (Å²) in [6, 6.07) is 3.89. The van der Waals surface area contributed by atoms with Crippen LogP contribution in [0.15, 0.2) is 43.6 Å². The summed E-state index contributed by atoms with van der Waals surface area (Å²) in [4.78, 5) is 4.18. The molecule has 0 unspecified atom stereocenters. The van der Waals surface area contributed by atoms with Crippen molar-refractivity contribution < 1.29 is 0 Å². The van der Waals surface area contributed by atoms with Gasteiger partial charge in [0, 0.05) is 11.4 Å². The lowest BCUT2D eigenvalue weighted by Gasteiger charge is -1.85. The first kappa shape index (κ1) is 8.47. The van der Waals surface area contributed by atoms with Crippen LogP contribution >= 0.6 is 0 Å². The summed E-state index contributed by atoms with van der Waals surface area (Å²) >= 11 is 0. The van der Waals surface area contributed by atoms with Crippen molar-refractivity contribution in [2.75, 3.05) is 0 Å². The summed E-state index contributed by atoms with van der Waals surface area (Å²) in [5.41, 5.74) is 0. The van der Waals surface area contributed by atoms with Crippen molar-refractivity contribution in [2.24, 2.45) is 0 Å². The van der Waals surface area contributed by atoms with Gasteiger partial charge >= 0.3 is 0 Å². The summed E-state index contributed by atoms with van der Waals surface area (Å²) in [6.07, 6.45) is 9.02. The van der Waals surface area contributed by atoms with E-state index in [1.807, 2.05) is 24.3 Å². The summed E-state index contributed by atoms with van der Waals surface area (Å²) < 4.78 is 0. The third-order valence-corrected chi connectivity index (χ3v) is 1.44. The molecule has 0 bridgehead atoms. The summed E-state index contributed by atoms with van der Waals surface area (Å²) in [6.45, 7) is 7.26. The maximum Gasteiger partial charge on any atom is 0.0701 e. The lowest BCUT2D eigenvalue weighted by Crippen LogP contribution is -2.26. The number of allylic oxidation sites excluding steroid dienone is 2. The highest BCUT2D eigenvalue weighted by Gasteiger charge is 1.80. The van der Waals surface area contributed by atoms with E-state index in [9.17, 15) is 0 Å². The Morgan fingerprint density at radius 3 is 2.58 bits per heavy atom. The number of nitrogens with zero attached hydrogens (tertiary/aromatic N) is 1. The average molecular weight is 157 g/mol. The second-order valence-electron chi connectivity index (χ2n) is 2.28. The van der Waals surface area contributed by atoms with E-state index in [-0.39, 0.29) is 0 Å². The molecule has 0 aliphatic heterocycles. The first-order valence-electron chi connectivity index (χ1n) is 3.75. The Balaban J connectivity index is 3.47. The zero-order chi connectivity index (χ0) is 8.81. The van der Waals surface area contributed by atoms with Crippen LogP contribution in [-0.2, 0) is 0 Å². The van der Waals surface area contributed by atoms with Crippen LogP contribution in [0.5, 0.6) is 0 Å². The van der Waals surface area contributed by atoms with Crippen LogP contribution in [-0.4, -0.2) is 4.98 Å². The minimum Gasteiger partial charge on any atom is -0.256 e. The van der Waals surface area contributed by atoms with Crippen LogP contribution in [0.25, 0.3) is 12.2 Å². The van der Waals surface area contributed by atoms with E-state index in [4.69, 9.17) is 0 Å². The molecule has 60 valence electrons. The highest BCUT2D eigenvalue weighted by molar-refractivity contribution is 5.39. The van der Waals surface area contributed by atoms with Gasteiger partial charge in [0.15, 0.2) is 0 Å². The smallest absolute Gasteiger partial charge is 0.0701 e. The van der Waals surface area contributed by atoms with Crippen LogP contribution in [0, 0.1) is 0 Å². The first-order valence-corrected chi connectivity index (χ1v) is 3.75. The van der Waals surface area contributed by atoms with E-state index >= 15 is 0 Å². The van der Waals surface area contributed by atoms with Gasteiger partial charge in [0.1, 0.15) is 0 Å². The Kier molecular flexibility index (Phi) is 3.03. The molecule has 1 rings (SSSR count). The largest absolute Gasteiger partial charge is 0.256 e. The molecular formula is C11H11N. The van der Waals surface area contributed by atoms with Crippen LogP contribution in [0.1, 0.15) is 0 Å². The Bertz CT molecular complexity index is 349. The molecule has 0 saturated carbocycles. The molecule has 0 aliphatic carbocycles. The Hall–Kier alpha value is -1.63. The maximum absolute atomic E-state index is 4.18. The molecule has 0 spiro atoms. The van der Waals surface area contributed by atoms with Gasteiger partial charge in [-0.3, -0.25) is 4.98 Å². The van der Waals surface area contributed by atoms with Gasteiger partial charge in [-0.25, -0.2) is 0 Å². The Labute approximate surface area is 72.1 Å². The minimum atomic E-state index is 0.924. The minimum absolute atomic E-state index is 0.924. The van der Waals surface area contributed by atoms with E-state index in [0.29, 0.717) is 0 Å². The van der Waals surface area contributed by atoms with Crippen LogP contribution in [0.4, 0.5) is 0 Å². The number of aromatic nitrogens is 1. The highest BCUT2D eigenvalue weighted by atomic mass is 14.6. The molecule has 0 aromatic carbocycles. The van der Waals surface area contributed by atoms with E-state index in [2.05, 4.69) is 18.1 Å². The second-order valence-corrected chi connectivity index (χ2v) is 2.28. The lowest BCUT2D eigenvalue weighted by molar-refractivity contribution is 1.22. The monoisotopic (exact) mass is 157 g/mol. The zero-order valence-corrected chi connectivity index (χ0v) is 6.90. The predicted molar refractivity (Wildman–Crippen MR) is 52.8 cm³/mol. The van der Waals surface area contributed by atoms with Crippen LogP contribution < -0.4 is 10.6 Å². The molecule has 0 atom stereocenters. The highest BCUT2D eigenvalue weighted by Crippen LogP contribution is 1.70. The van der Waals surface area contributed by atoms with Gasteiger partial charge in [0.25, 0.3) is 0 Å². The van der Waals surface area contributed by atoms with Gasteiger partial charge in [-0.2, -0.15) is 0 Å². The van der Waals surface area contributed by atoms with Gasteiger partial charge in [-0.15, -0.1) is 0 Å². The Morgan fingerprint density at radius 1 is 1.17 bits per heavy atom. The molecule has 0 aliphatic rings. The summed E-state index contributed by atoms with van der Waals surface area (Å²) in [7, 11) is 0. The molecule has 0 fully saturated rings. The molecule has 0 radical (unpaired) electrons. The van der Waals surface area contributed by atoms with Gasteiger partial charge in [-0.05, 0) is 12.1 Å². The van der Waals surface area contributed by atoms with Crippen LogP contribution in [0.3, 0.4) is 0 Å². The van der Waals surface area contributed by atoms with Crippen molar-refractivity contribution in [2.45, 2.75) is 0 Å². The fourth-order valence-corrected chi connectivity index (χ4v) is 0.949. The van der Waals surface area contributed by atoms with Crippen molar-refractivity contribution in [3.63, 3.8) is 0 Å². The van der Waals surface area contributed by atoms with E-state index in [0.717, 1.165) is 10.6 Å². The number of hydrogen-bond donors (Lipinski definition) is 0. The molecule has 1 aromatic rings. The molecule has 0 amide bonds. The fourth-order valence-electron chi connectivity index (χ4n) is 0.949. The molecule has 1 heterocycles. The van der Waals surface area contributed by atoms with Crippen LogP contribution in [0.2, 0.25) is 0 Å². The third-order valence-electron chi connectivity index (χ3n) is 1.44. The van der Waals surface area contributed by atoms with Gasteiger partial charge in [0.2, 0.25) is 0 Å². The first-order chi connectivity index (χ1) is 5.88. The summed E-state index contributed by atoms with van der Waals surface area (Å²) in [5, 5.41) is 1.99. The van der Waals surface area contributed by atoms with E-state index < -0.39 is 0 Å². The number of hydrogen-bond acceptors (Lipinski definition) is 1. The normalized spacial score (nSPS) is 13.0. The van der Waals surface area contributed by atoms with Crippen molar-refractivity contribution in [1.29, 1.82) is 0 Å². The Morgan fingerprint density at radius 2 is 1.92 bits per heavy atom. The van der Waals surface area contributed by atoms with Crippen molar-refractivity contribution in [3.8, 4) is 0 Å². The quantitative estimate of drug-likeness (QED) is 0.624. The molecule has 0 saturated heterocycles. The van der Waals surface area contributed by atoms with Crippen molar-refractivity contribution >= 4 is 12.2 Å². The molecule has 1 aromatic heterocycles. The third kappa shape index (κ3) is 1.92. The fraction of sp³-hybridized carbons (Fsp3) is 0. The maximum atomic E-state index is 4.18. The van der Waals surface area contributed by atoms with Gasteiger partial charge in [-0.1, -0.05) is 37.5 Å². The second kappa shape index (κ2) is 4.29. The molecule has 12 heavy (non-hydrogen) atoms. The topological polar surface area (TPSA) is 12.9 Å². The summed E-state index contributed by atoms with van der Waals surface area (Å²) in [5.74, 6) is 0. The molecule has 0 N–H and O–H groups in total. The van der Waals surface area contributed by atoms with Crippen molar-refractivity contribution in [1.82, 2.24) is 4.98 Å². The lowest BCUT2D eigenvalue weighted by atomic mass is 10.3. The molecule has 1 heteroatoms.